The van der Waals surface area contributed by atoms with Crippen LogP contribution in [0.1, 0.15) is 13.8 Å². The fourth-order valence-electron chi connectivity index (χ4n) is 1.42. The average molecular weight is 283 g/mol. The molecular weight excluding hydrogens is 270 g/mol. The predicted octanol–water partition coefficient (Wildman–Crippen LogP) is 1.46. The molecule has 108 valence electrons. The van der Waals surface area contributed by atoms with Gasteiger partial charge in [0.2, 0.25) is 0 Å². The third-order valence-electron chi connectivity index (χ3n) is 2.54. The minimum absolute atomic E-state index is 0.00648. The van der Waals surface area contributed by atoms with Crippen molar-refractivity contribution in [3.05, 3.63) is 38.4 Å². The highest BCUT2D eigenvalue weighted by molar-refractivity contribution is 5.94. The van der Waals surface area contributed by atoms with E-state index in [0.29, 0.717) is 0 Å². The zero-order chi connectivity index (χ0) is 15.4. The van der Waals surface area contributed by atoms with Crippen LogP contribution in [0.2, 0.25) is 0 Å². The molecule has 0 bridgehead atoms. The van der Waals surface area contributed by atoms with Crippen molar-refractivity contribution in [2.45, 2.75) is 20.0 Å². The summed E-state index contributed by atoms with van der Waals surface area (Å²) in [6, 6.07) is 2.97. The number of nitrogens with zero attached hydrogens (tertiary/aromatic N) is 2. The Morgan fingerprint density at radius 1 is 1.20 bits per heavy atom. The molecule has 1 aromatic rings. The van der Waals surface area contributed by atoms with Gasteiger partial charge < -0.3 is 10.4 Å². The van der Waals surface area contributed by atoms with E-state index in [-0.39, 0.29) is 11.6 Å². The summed E-state index contributed by atoms with van der Waals surface area (Å²) in [5.74, 6) is -1.06. The molecule has 0 saturated heterocycles. The third kappa shape index (κ3) is 3.48. The van der Waals surface area contributed by atoms with Crippen LogP contribution < -0.4 is 5.32 Å². The Kier molecular flexibility index (Phi) is 4.70. The molecule has 0 aliphatic heterocycles. The van der Waals surface area contributed by atoms with Gasteiger partial charge in [-0.2, -0.15) is 0 Å². The fraction of sp³-hybridized carbons (Fsp3) is 0.364. The molecule has 1 atom stereocenters. The van der Waals surface area contributed by atoms with Crippen LogP contribution >= 0.6 is 0 Å². The van der Waals surface area contributed by atoms with Crippen LogP contribution in [0.15, 0.2) is 18.2 Å². The predicted molar refractivity (Wildman–Crippen MR) is 69.2 cm³/mol. The van der Waals surface area contributed by atoms with Gasteiger partial charge in [0.1, 0.15) is 6.10 Å². The molecule has 1 rings (SSSR count). The average Bonchev–Trinajstić information content (AvgIpc) is 2.37. The Hall–Kier alpha value is -2.55. The molecule has 1 unspecified atom stereocenters. The van der Waals surface area contributed by atoms with Crippen LogP contribution in [0.3, 0.4) is 0 Å². The van der Waals surface area contributed by atoms with Crippen LogP contribution in [-0.2, 0) is 4.79 Å². The number of carbonyl (C=O) groups is 1. The second kappa shape index (κ2) is 6.06. The molecule has 0 spiro atoms. The van der Waals surface area contributed by atoms with E-state index in [4.69, 9.17) is 0 Å². The Morgan fingerprint density at radius 2 is 1.75 bits per heavy atom. The third-order valence-corrected chi connectivity index (χ3v) is 2.54. The summed E-state index contributed by atoms with van der Waals surface area (Å²) in [4.78, 5) is 31.2. The summed E-state index contributed by atoms with van der Waals surface area (Å²) in [5, 5.41) is 33.2. The quantitative estimate of drug-likeness (QED) is 0.620. The molecule has 0 radical (unpaired) electrons. The van der Waals surface area contributed by atoms with Crippen molar-refractivity contribution in [3.63, 3.8) is 0 Å². The number of nitro groups is 2. The Labute approximate surface area is 113 Å². The lowest BCUT2D eigenvalue weighted by Gasteiger charge is -2.14. The maximum atomic E-state index is 11.6. The van der Waals surface area contributed by atoms with Crippen molar-refractivity contribution in [1.82, 2.24) is 0 Å². The summed E-state index contributed by atoms with van der Waals surface area (Å²) in [5.41, 5.74) is -1.39. The smallest absolute Gasteiger partial charge is 0.348 e. The number of amides is 1. The van der Waals surface area contributed by atoms with E-state index in [9.17, 15) is 30.1 Å². The van der Waals surface area contributed by atoms with Crippen LogP contribution in [0.5, 0.6) is 0 Å². The standard InChI is InChI=1S/C11H13N3O6/c1-6(2)10(15)11(16)12-7-3-4-8(13(17)18)9(5-7)14(19)20/h3-6,10,15H,1-2H3,(H,12,16). The van der Waals surface area contributed by atoms with Gasteiger partial charge in [-0.05, 0) is 12.0 Å². The second-order valence-corrected chi connectivity index (χ2v) is 4.40. The molecule has 1 aromatic carbocycles. The number of carbonyl (C=O) groups excluding carboxylic acids is 1. The molecule has 9 nitrogen and oxygen atoms in total. The van der Waals surface area contributed by atoms with Gasteiger partial charge >= 0.3 is 11.4 Å². The molecule has 20 heavy (non-hydrogen) atoms. The van der Waals surface area contributed by atoms with Crippen LogP contribution in [0, 0.1) is 26.1 Å². The van der Waals surface area contributed by atoms with E-state index in [1.807, 2.05) is 0 Å². The lowest BCUT2D eigenvalue weighted by molar-refractivity contribution is -0.422. The Bertz CT molecular complexity index is 557. The fourth-order valence-corrected chi connectivity index (χ4v) is 1.42. The van der Waals surface area contributed by atoms with E-state index in [1.165, 1.54) is 0 Å². The number of hydrogen-bond donors (Lipinski definition) is 2. The number of nitro benzene ring substituents is 2. The van der Waals surface area contributed by atoms with Gasteiger partial charge in [-0.15, -0.1) is 0 Å². The highest BCUT2D eigenvalue weighted by Crippen LogP contribution is 2.29. The molecule has 2 N–H and O–H groups in total. The highest BCUT2D eigenvalue weighted by Gasteiger charge is 2.25. The van der Waals surface area contributed by atoms with Gasteiger partial charge in [0.25, 0.3) is 5.91 Å². The summed E-state index contributed by atoms with van der Waals surface area (Å²) in [6.07, 6.45) is -1.27. The minimum atomic E-state index is -1.27. The summed E-state index contributed by atoms with van der Waals surface area (Å²) < 4.78 is 0. The topological polar surface area (TPSA) is 136 Å². The zero-order valence-electron chi connectivity index (χ0n) is 10.8. The maximum absolute atomic E-state index is 11.6. The molecular formula is C11H13N3O6. The van der Waals surface area contributed by atoms with Crippen LogP contribution in [-0.4, -0.2) is 27.0 Å². The monoisotopic (exact) mass is 283 g/mol. The van der Waals surface area contributed by atoms with Gasteiger partial charge in [0, 0.05) is 17.8 Å². The van der Waals surface area contributed by atoms with E-state index in [2.05, 4.69) is 5.32 Å². The molecule has 0 aliphatic carbocycles. The molecule has 0 aliphatic rings. The second-order valence-electron chi connectivity index (χ2n) is 4.40. The lowest BCUT2D eigenvalue weighted by atomic mass is 10.1. The number of anilines is 1. The van der Waals surface area contributed by atoms with Crippen molar-refractivity contribution in [3.8, 4) is 0 Å². The molecule has 9 heteroatoms. The first-order valence-electron chi connectivity index (χ1n) is 5.65. The van der Waals surface area contributed by atoms with Gasteiger partial charge in [-0.1, -0.05) is 13.8 Å². The van der Waals surface area contributed by atoms with Gasteiger partial charge in [-0.3, -0.25) is 25.0 Å². The van der Waals surface area contributed by atoms with Gasteiger partial charge in [-0.25, -0.2) is 0 Å². The molecule has 0 fully saturated rings. The number of aliphatic hydroxyl groups is 1. The van der Waals surface area contributed by atoms with Gasteiger partial charge in [0.15, 0.2) is 0 Å². The summed E-state index contributed by atoms with van der Waals surface area (Å²) >= 11 is 0. The first-order valence-corrected chi connectivity index (χ1v) is 5.65. The maximum Gasteiger partial charge on any atom is 0.348 e. The van der Waals surface area contributed by atoms with E-state index in [1.54, 1.807) is 13.8 Å². The van der Waals surface area contributed by atoms with E-state index >= 15 is 0 Å². The molecule has 0 heterocycles. The SMILES string of the molecule is CC(C)C(O)C(=O)Nc1ccc([N+](=O)[O-])c([N+](=O)[O-])c1. The largest absolute Gasteiger partial charge is 0.383 e. The number of hydrogen-bond acceptors (Lipinski definition) is 6. The minimum Gasteiger partial charge on any atom is -0.383 e. The number of nitrogens with one attached hydrogen (secondary N) is 1. The Morgan fingerprint density at radius 3 is 2.20 bits per heavy atom. The number of aliphatic hydroxyl groups excluding tert-OH is 1. The molecule has 0 saturated carbocycles. The van der Waals surface area contributed by atoms with Gasteiger partial charge in [0.05, 0.1) is 9.85 Å². The van der Waals surface area contributed by atoms with Crippen molar-refractivity contribution >= 4 is 23.0 Å². The van der Waals surface area contributed by atoms with Crippen molar-refractivity contribution in [2.75, 3.05) is 5.32 Å². The lowest BCUT2D eigenvalue weighted by Crippen LogP contribution is -2.31. The normalized spacial score (nSPS) is 12.0. The Balaban J connectivity index is 3.04. The van der Waals surface area contributed by atoms with Crippen molar-refractivity contribution in [2.24, 2.45) is 5.92 Å². The van der Waals surface area contributed by atoms with Crippen LogP contribution in [0.4, 0.5) is 17.1 Å². The zero-order valence-corrected chi connectivity index (χ0v) is 10.8. The van der Waals surface area contributed by atoms with E-state index in [0.717, 1.165) is 18.2 Å². The molecule has 0 aromatic heterocycles. The summed E-state index contributed by atoms with van der Waals surface area (Å²) in [6.45, 7) is 3.26. The first kappa shape index (κ1) is 15.5. The number of rotatable bonds is 5. The first-order chi connectivity index (χ1) is 9.23. The number of benzene rings is 1. The molecule has 1 amide bonds. The highest BCUT2D eigenvalue weighted by atomic mass is 16.6. The van der Waals surface area contributed by atoms with Crippen LogP contribution in [0.25, 0.3) is 0 Å². The van der Waals surface area contributed by atoms with Crippen molar-refractivity contribution < 1.29 is 19.7 Å². The van der Waals surface area contributed by atoms with E-state index < -0.39 is 33.2 Å². The van der Waals surface area contributed by atoms with Crippen molar-refractivity contribution in [1.29, 1.82) is 0 Å². The summed E-state index contributed by atoms with van der Waals surface area (Å²) in [7, 11) is 0.